The first-order chi connectivity index (χ1) is 13.0. The Balaban J connectivity index is 2.67. The number of rotatable bonds is 5. The third-order valence-corrected chi connectivity index (χ3v) is 4.40. The van der Waals surface area contributed by atoms with Gasteiger partial charge in [-0.15, -0.1) is 0 Å². The largest absolute Gasteiger partial charge is 0.451 e. The number of halogens is 4. The van der Waals surface area contributed by atoms with Crippen LogP contribution in [-0.2, 0) is 9.53 Å². The molecule has 2 rings (SSSR count). The van der Waals surface area contributed by atoms with Crippen molar-refractivity contribution in [3.05, 3.63) is 60.6 Å². The molecule has 0 radical (unpaired) electrons. The van der Waals surface area contributed by atoms with Crippen molar-refractivity contribution in [2.24, 2.45) is 0 Å². The van der Waals surface area contributed by atoms with Crippen molar-refractivity contribution < 1.29 is 27.5 Å². The van der Waals surface area contributed by atoms with E-state index in [9.17, 15) is 32.3 Å². The quantitative estimate of drug-likeness (QED) is 0.533. The minimum atomic E-state index is -3.21. The molecule has 1 heterocycles. The molecule has 150 valence electrons. The van der Waals surface area contributed by atoms with Gasteiger partial charge in [0.15, 0.2) is 11.9 Å². The number of alkyl halides is 2. The molecule has 0 aliphatic carbocycles. The predicted molar refractivity (Wildman–Crippen MR) is 94.6 cm³/mol. The zero-order chi connectivity index (χ0) is 21.3. The molecule has 0 aliphatic heterocycles. The van der Waals surface area contributed by atoms with Gasteiger partial charge in [-0.3, -0.25) is 9.59 Å². The monoisotopic (exact) mass is 463 g/mol. The molecule has 1 unspecified atom stereocenters. The lowest BCUT2D eigenvalue weighted by molar-refractivity contribution is -0.124. The second-order valence-corrected chi connectivity index (χ2v) is 6.49. The summed E-state index contributed by atoms with van der Waals surface area (Å²) >= 11 is 2.94. The average Bonchev–Trinajstić information content (AvgIpc) is 2.59. The molecule has 2 N–H and O–H groups in total. The summed E-state index contributed by atoms with van der Waals surface area (Å²) < 4.78 is 45.1. The third-order valence-electron chi connectivity index (χ3n) is 3.74. The summed E-state index contributed by atoms with van der Waals surface area (Å²) in [5.41, 5.74) is -4.79. The number of ketones is 1. The summed E-state index contributed by atoms with van der Waals surface area (Å²) in [5.74, 6) is 2.66. The molecule has 0 spiro atoms. The summed E-state index contributed by atoms with van der Waals surface area (Å²) in [5, 5.41) is 0. The van der Waals surface area contributed by atoms with E-state index in [4.69, 9.17) is 10.6 Å². The topological polar surface area (TPSA) is 113 Å². The third kappa shape index (κ3) is 4.01. The molecule has 0 saturated heterocycles. The van der Waals surface area contributed by atoms with Crippen LogP contribution in [0.4, 0.5) is 13.2 Å². The summed E-state index contributed by atoms with van der Waals surface area (Å²) in [6, 6.07) is 1.96. The van der Waals surface area contributed by atoms with Crippen LogP contribution >= 0.6 is 15.9 Å². The van der Waals surface area contributed by atoms with E-state index in [1.807, 2.05) is 0 Å². The van der Waals surface area contributed by atoms with Gasteiger partial charge in [-0.25, -0.2) is 32.0 Å². The Morgan fingerprint density at radius 3 is 2.36 bits per heavy atom. The Morgan fingerprint density at radius 2 is 1.82 bits per heavy atom. The lowest BCUT2D eigenvalue weighted by atomic mass is 10.2. The first-order valence-corrected chi connectivity index (χ1v) is 8.38. The second-order valence-electron chi connectivity index (χ2n) is 5.64. The standard InChI is InChI=1S/C16H13BrF3N3O5/c1-6(24)7(2)28-15(26)8-3-11(10(18)4-9(8)17)22-13(25)5-12(14(19)20)23(21)16(22)27/h3-5,7,14H,21H2,1-2H3. The molecular formula is C16H13BrF3N3O5. The maximum absolute atomic E-state index is 14.4. The lowest BCUT2D eigenvalue weighted by Gasteiger charge is -2.14. The van der Waals surface area contributed by atoms with Gasteiger partial charge < -0.3 is 10.6 Å². The first-order valence-electron chi connectivity index (χ1n) is 7.58. The minimum Gasteiger partial charge on any atom is -0.451 e. The van der Waals surface area contributed by atoms with Gasteiger partial charge in [-0.2, -0.15) is 0 Å². The highest BCUT2D eigenvalue weighted by Gasteiger charge is 2.23. The number of aromatic nitrogens is 2. The Morgan fingerprint density at radius 1 is 1.21 bits per heavy atom. The summed E-state index contributed by atoms with van der Waals surface area (Å²) in [6.07, 6.45) is -4.31. The molecule has 0 bridgehead atoms. The van der Waals surface area contributed by atoms with Crippen molar-refractivity contribution in [2.75, 3.05) is 5.84 Å². The van der Waals surface area contributed by atoms with Crippen LogP contribution in [-0.4, -0.2) is 27.1 Å². The maximum atomic E-state index is 14.4. The second kappa shape index (κ2) is 8.00. The van der Waals surface area contributed by atoms with E-state index in [2.05, 4.69) is 15.9 Å². The number of hydrogen-bond donors (Lipinski definition) is 1. The molecular weight excluding hydrogens is 451 g/mol. The number of nitrogens with two attached hydrogens (primary N) is 1. The number of ether oxygens (including phenoxy) is 1. The van der Waals surface area contributed by atoms with Gasteiger partial charge in [-0.1, -0.05) is 0 Å². The molecule has 1 aromatic heterocycles. The van der Waals surface area contributed by atoms with Crippen molar-refractivity contribution in [2.45, 2.75) is 26.4 Å². The number of carbonyl (C=O) groups is 2. The molecule has 0 fully saturated rings. The van der Waals surface area contributed by atoms with Crippen LogP contribution in [0.25, 0.3) is 5.69 Å². The van der Waals surface area contributed by atoms with Crippen LogP contribution in [0, 0.1) is 5.82 Å². The van der Waals surface area contributed by atoms with E-state index >= 15 is 0 Å². The van der Waals surface area contributed by atoms with Gasteiger partial charge in [0.25, 0.3) is 12.0 Å². The van der Waals surface area contributed by atoms with Crippen LogP contribution in [0.5, 0.6) is 0 Å². The fourth-order valence-electron chi connectivity index (χ4n) is 2.14. The van der Waals surface area contributed by atoms with Crippen LogP contribution in [0.2, 0.25) is 0 Å². The van der Waals surface area contributed by atoms with Crippen LogP contribution in [0.15, 0.2) is 32.3 Å². The Kier molecular flexibility index (Phi) is 6.12. The number of hydrogen-bond acceptors (Lipinski definition) is 6. The molecule has 0 amide bonds. The highest BCUT2D eigenvalue weighted by Crippen LogP contribution is 2.24. The Hall–Kier alpha value is -2.89. The first kappa shape index (κ1) is 21.4. The van der Waals surface area contributed by atoms with E-state index in [-0.39, 0.29) is 19.3 Å². The van der Waals surface area contributed by atoms with Gasteiger partial charge >= 0.3 is 11.7 Å². The van der Waals surface area contributed by atoms with Crippen LogP contribution < -0.4 is 17.1 Å². The van der Waals surface area contributed by atoms with Gasteiger partial charge in [0, 0.05) is 10.5 Å². The van der Waals surface area contributed by atoms with E-state index < -0.39 is 52.7 Å². The smallest absolute Gasteiger partial charge is 0.354 e. The van der Waals surface area contributed by atoms with Crippen molar-refractivity contribution in [3.63, 3.8) is 0 Å². The summed E-state index contributed by atoms with van der Waals surface area (Å²) in [4.78, 5) is 47.8. The van der Waals surface area contributed by atoms with Crippen LogP contribution in [0.1, 0.15) is 36.3 Å². The zero-order valence-electron chi connectivity index (χ0n) is 14.4. The molecule has 1 atom stereocenters. The molecule has 0 aliphatic rings. The van der Waals surface area contributed by atoms with E-state index in [1.165, 1.54) is 13.8 Å². The Labute approximate surface area is 163 Å². The molecule has 28 heavy (non-hydrogen) atoms. The number of nitrogen functional groups attached to an aromatic ring is 1. The number of esters is 1. The average molecular weight is 464 g/mol. The fraction of sp³-hybridized carbons (Fsp3) is 0.250. The summed E-state index contributed by atoms with van der Waals surface area (Å²) in [7, 11) is 0. The molecule has 8 nitrogen and oxygen atoms in total. The SMILES string of the molecule is CC(=O)C(C)OC(=O)c1cc(-n2c(=O)cc(C(F)F)n(N)c2=O)c(F)cc1Br. The van der Waals surface area contributed by atoms with Gasteiger partial charge in [0.1, 0.15) is 11.5 Å². The Bertz CT molecular complexity index is 1080. The number of Topliss-reactive ketones (excluding diaryl/α,β-unsaturated/α-hetero) is 1. The minimum absolute atomic E-state index is 0.00334. The molecule has 1 aromatic carbocycles. The highest BCUT2D eigenvalue weighted by molar-refractivity contribution is 9.10. The fourth-order valence-corrected chi connectivity index (χ4v) is 2.61. The number of nitrogens with zero attached hydrogens (tertiary/aromatic N) is 2. The number of carbonyl (C=O) groups excluding carboxylic acids is 2. The van der Waals surface area contributed by atoms with Crippen molar-refractivity contribution >= 4 is 27.7 Å². The maximum Gasteiger partial charge on any atom is 0.354 e. The van der Waals surface area contributed by atoms with Crippen molar-refractivity contribution in [3.8, 4) is 5.69 Å². The van der Waals surface area contributed by atoms with Gasteiger partial charge in [0.05, 0.1) is 11.3 Å². The van der Waals surface area contributed by atoms with E-state index in [0.29, 0.717) is 6.07 Å². The van der Waals surface area contributed by atoms with Crippen molar-refractivity contribution in [1.29, 1.82) is 0 Å². The van der Waals surface area contributed by atoms with E-state index in [1.54, 1.807) is 0 Å². The highest BCUT2D eigenvalue weighted by atomic mass is 79.9. The van der Waals surface area contributed by atoms with Crippen molar-refractivity contribution in [1.82, 2.24) is 9.24 Å². The molecule has 0 saturated carbocycles. The summed E-state index contributed by atoms with van der Waals surface area (Å²) in [6.45, 7) is 2.51. The lowest BCUT2D eigenvalue weighted by Crippen LogP contribution is -2.43. The molecule has 2 aromatic rings. The van der Waals surface area contributed by atoms with Gasteiger partial charge in [-0.05, 0) is 41.9 Å². The van der Waals surface area contributed by atoms with Gasteiger partial charge in [0.2, 0.25) is 0 Å². The van der Waals surface area contributed by atoms with Crippen LogP contribution in [0.3, 0.4) is 0 Å². The van der Waals surface area contributed by atoms with E-state index in [0.717, 1.165) is 12.1 Å². The molecule has 12 heteroatoms. The normalized spacial score (nSPS) is 12.1. The number of benzene rings is 1. The zero-order valence-corrected chi connectivity index (χ0v) is 16.0. The predicted octanol–water partition coefficient (Wildman–Crippen LogP) is 1.69.